The van der Waals surface area contributed by atoms with Crippen LogP contribution in [0.25, 0.3) is 11.6 Å². The maximum atomic E-state index is 13.9. The molecule has 198 valence electrons. The summed E-state index contributed by atoms with van der Waals surface area (Å²) in [7, 11) is 1.53. The van der Waals surface area contributed by atoms with E-state index in [-0.39, 0.29) is 12.4 Å². The normalized spacial score (nSPS) is 12.2. The Morgan fingerprint density at radius 2 is 1.76 bits per heavy atom. The van der Waals surface area contributed by atoms with Crippen LogP contribution in [-0.4, -0.2) is 44.7 Å². The summed E-state index contributed by atoms with van der Waals surface area (Å²) in [5, 5.41) is 15.2. The highest BCUT2D eigenvalue weighted by Gasteiger charge is 2.35. The molecule has 1 N–H and O–H groups in total. The topological polar surface area (TPSA) is 115 Å². The Kier molecular flexibility index (Phi) is 7.56. The minimum Gasteiger partial charge on any atom is -0.497 e. The van der Waals surface area contributed by atoms with E-state index in [1.54, 1.807) is 43.3 Å². The zero-order chi connectivity index (χ0) is 27.4. The summed E-state index contributed by atoms with van der Waals surface area (Å²) in [6, 6.07) is 14.5. The number of aryl methyl sites for hydroxylation is 1. The number of methoxy groups -OCH3 is 1. The van der Waals surface area contributed by atoms with Gasteiger partial charge in [0.2, 0.25) is 11.7 Å². The average molecular weight is 521 g/mol. The molecule has 1 atom stereocenters. The zero-order valence-corrected chi connectivity index (χ0v) is 21.8. The quantitative estimate of drug-likeness (QED) is 0.372. The number of nitrogens with zero attached hydrogens (tertiary/aromatic N) is 5. The first-order valence-corrected chi connectivity index (χ1v) is 11.9. The van der Waals surface area contributed by atoms with Crippen LogP contribution in [0.5, 0.6) is 5.75 Å². The lowest BCUT2D eigenvalue weighted by Gasteiger charge is -2.33. The molecule has 2 aromatic carbocycles. The van der Waals surface area contributed by atoms with Gasteiger partial charge in [-0.05, 0) is 87.0 Å². The third-order valence-electron chi connectivity index (χ3n) is 5.50. The van der Waals surface area contributed by atoms with E-state index in [0.717, 1.165) is 4.80 Å². The number of hydrogen-bond acceptors (Lipinski definition) is 7. The number of furan rings is 1. The van der Waals surface area contributed by atoms with Crippen molar-refractivity contribution < 1.29 is 23.1 Å². The Balaban J connectivity index is 1.75. The fourth-order valence-corrected chi connectivity index (χ4v) is 3.84. The lowest BCUT2D eigenvalue weighted by molar-refractivity contribution is -0.128. The van der Waals surface area contributed by atoms with Gasteiger partial charge in [-0.25, -0.2) is 4.39 Å². The van der Waals surface area contributed by atoms with E-state index in [1.807, 2.05) is 20.8 Å². The number of ether oxygens (including phenoxy) is 1. The van der Waals surface area contributed by atoms with Crippen LogP contribution >= 0.6 is 0 Å². The summed E-state index contributed by atoms with van der Waals surface area (Å²) in [4.78, 5) is 30.0. The SMILES string of the molecule is COc1ccc(N(C(=O)Cn2nnc(-c3ccc(C)o3)n2)[C@H](C(=O)NC(C)(C)C)c2ccc(F)cc2)cc1. The second kappa shape index (κ2) is 10.8. The van der Waals surface area contributed by atoms with Crippen LogP contribution in [0, 0.1) is 12.7 Å². The summed E-state index contributed by atoms with van der Waals surface area (Å²) < 4.78 is 24.6. The van der Waals surface area contributed by atoms with E-state index in [2.05, 4.69) is 20.7 Å². The highest BCUT2D eigenvalue weighted by Crippen LogP contribution is 2.30. The first-order chi connectivity index (χ1) is 18.0. The van der Waals surface area contributed by atoms with Crippen molar-refractivity contribution in [1.29, 1.82) is 0 Å². The van der Waals surface area contributed by atoms with Crippen molar-refractivity contribution in [3.63, 3.8) is 0 Å². The summed E-state index contributed by atoms with van der Waals surface area (Å²) in [6.45, 7) is 6.98. The molecule has 2 aromatic heterocycles. The summed E-state index contributed by atoms with van der Waals surface area (Å²) in [5.74, 6) is 0.516. The zero-order valence-electron chi connectivity index (χ0n) is 21.8. The van der Waals surface area contributed by atoms with E-state index in [0.29, 0.717) is 28.5 Å². The van der Waals surface area contributed by atoms with Crippen molar-refractivity contribution in [2.24, 2.45) is 0 Å². The Bertz CT molecular complexity index is 1410. The molecule has 0 aliphatic carbocycles. The maximum absolute atomic E-state index is 13.9. The van der Waals surface area contributed by atoms with Crippen LogP contribution in [0.1, 0.15) is 38.1 Å². The Morgan fingerprint density at radius 1 is 1.08 bits per heavy atom. The molecule has 4 aromatic rings. The number of nitrogens with one attached hydrogen (secondary N) is 1. The summed E-state index contributed by atoms with van der Waals surface area (Å²) >= 11 is 0. The van der Waals surface area contributed by atoms with Gasteiger partial charge in [-0.3, -0.25) is 14.5 Å². The van der Waals surface area contributed by atoms with Gasteiger partial charge in [0.15, 0.2) is 5.76 Å². The molecule has 0 spiro atoms. The number of benzene rings is 2. The maximum Gasteiger partial charge on any atom is 0.251 e. The summed E-state index contributed by atoms with van der Waals surface area (Å²) in [6.07, 6.45) is 0. The van der Waals surface area contributed by atoms with Gasteiger partial charge >= 0.3 is 0 Å². The van der Waals surface area contributed by atoms with Crippen LogP contribution < -0.4 is 15.0 Å². The number of carbonyl (C=O) groups excluding carboxylic acids is 2. The molecule has 0 fully saturated rings. The average Bonchev–Trinajstić information content (AvgIpc) is 3.51. The second-order valence-electron chi connectivity index (χ2n) is 9.71. The van der Waals surface area contributed by atoms with E-state index in [1.165, 1.54) is 36.3 Å². The van der Waals surface area contributed by atoms with Gasteiger partial charge in [0.25, 0.3) is 5.91 Å². The lowest BCUT2D eigenvalue weighted by Crippen LogP contribution is -2.50. The molecule has 0 aliphatic rings. The molecule has 0 unspecified atom stereocenters. The van der Waals surface area contributed by atoms with E-state index >= 15 is 0 Å². The van der Waals surface area contributed by atoms with Crippen LogP contribution in [0.4, 0.5) is 10.1 Å². The molecule has 2 heterocycles. The van der Waals surface area contributed by atoms with Crippen LogP contribution in [0.15, 0.2) is 65.1 Å². The smallest absolute Gasteiger partial charge is 0.251 e. The Hall–Kier alpha value is -4.54. The van der Waals surface area contributed by atoms with Gasteiger partial charge in [0.1, 0.15) is 29.9 Å². The first-order valence-electron chi connectivity index (χ1n) is 11.9. The number of aromatic nitrogens is 4. The van der Waals surface area contributed by atoms with Crippen molar-refractivity contribution in [3.8, 4) is 17.3 Å². The molecule has 10 nitrogen and oxygen atoms in total. The van der Waals surface area contributed by atoms with Crippen molar-refractivity contribution in [3.05, 3.63) is 77.8 Å². The molecule has 4 rings (SSSR count). The van der Waals surface area contributed by atoms with Gasteiger partial charge in [0.05, 0.1) is 7.11 Å². The molecule has 0 bridgehead atoms. The molecule has 2 amide bonds. The summed E-state index contributed by atoms with van der Waals surface area (Å²) in [5.41, 5.74) is 0.264. The number of rotatable bonds is 8. The van der Waals surface area contributed by atoms with E-state index < -0.39 is 29.2 Å². The molecule has 0 radical (unpaired) electrons. The number of carbonyl (C=O) groups is 2. The Labute approximate surface area is 219 Å². The van der Waals surface area contributed by atoms with Gasteiger partial charge in [-0.15, -0.1) is 10.2 Å². The fraction of sp³-hybridized carbons (Fsp3) is 0.296. The van der Waals surface area contributed by atoms with Crippen LogP contribution in [-0.2, 0) is 16.1 Å². The monoisotopic (exact) mass is 520 g/mol. The molecule has 38 heavy (non-hydrogen) atoms. The minimum atomic E-state index is -1.12. The number of tetrazole rings is 1. The third kappa shape index (κ3) is 6.23. The number of amides is 2. The predicted octanol–water partition coefficient (Wildman–Crippen LogP) is 4.08. The molecule has 11 heteroatoms. The standard InChI is InChI=1S/C27H29FN6O4/c1-17-6-15-22(38-17)25-30-32-33(31-25)16-23(35)34(20-11-13-21(37-5)14-12-20)24(26(36)29-27(2,3)4)18-7-9-19(28)10-8-18/h6-15,24H,16H2,1-5H3,(H,29,36)/t24-/m0/s1. The molecule has 0 saturated carbocycles. The molecular formula is C27H29FN6O4. The predicted molar refractivity (Wildman–Crippen MR) is 138 cm³/mol. The van der Waals surface area contributed by atoms with Gasteiger partial charge in [-0.1, -0.05) is 12.1 Å². The molecule has 0 aliphatic heterocycles. The van der Waals surface area contributed by atoms with Gasteiger partial charge in [-0.2, -0.15) is 4.80 Å². The number of hydrogen-bond donors (Lipinski definition) is 1. The van der Waals surface area contributed by atoms with E-state index in [9.17, 15) is 14.0 Å². The van der Waals surface area contributed by atoms with Crippen LogP contribution in [0.2, 0.25) is 0 Å². The van der Waals surface area contributed by atoms with Crippen molar-refractivity contribution in [1.82, 2.24) is 25.5 Å². The third-order valence-corrected chi connectivity index (χ3v) is 5.50. The van der Waals surface area contributed by atoms with Crippen molar-refractivity contribution in [2.75, 3.05) is 12.0 Å². The molecule has 0 saturated heterocycles. The van der Waals surface area contributed by atoms with Crippen molar-refractivity contribution >= 4 is 17.5 Å². The largest absolute Gasteiger partial charge is 0.497 e. The van der Waals surface area contributed by atoms with Crippen molar-refractivity contribution in [2.45, 2.75) is 45.8 Å². The van der Waals surface area contributed by atoms with Gasteiger partial charge < -0.3 is 14.5 Å². The number of halogens is 1. The highest BCUT2D eigenvalue weighted by molar-refractivity contribution is 6.01. The first kappa shape index (κ1) is 26.5. The minimum absolute atomic E-state index is 0.224. The Morgan fingerprint density at radius 3 is 2.34 bits per heavy atom. The van der Waals surface area contributed by atoms with E-state index in [4.69, 9.17) is 9.15 Å². The number of anilines is 1. The second-order valence-corrected chi connectivity index (χ2v) is 9.71. The van der Waals surface area contributed by atoms with Gasteiger partial charge in [0, 0.05) is 11.2 Å². The fourth-order valence-electron chi connectivity index (χ4n) is 3.84. The molecular weight excluding hydrogens is 491 g/mol. The lowest BCUT2D eigenvalue weighted by atomic mass is 10.0. The van der Waals surface area contributed by atoms with Crippen LogP contribution in [0.3, 0.4) is 0 Å². The highest BCUT2D eigenvalue weighted by atomic mass is 19.1.